The second-order valence-electron chi connectivity index (χ2n) is 24.6. The molecule has 86 heavy (non-hydrogen) atoms. The summed E-state index contributed by atoms with van der Waals surface area (Å²) in [6.07, 6.45) is 11.6. The third-order valence-electron chi connectivity index (χ3n) is 18.1. The fraction of sp³-hybridized carbons (Fsp3) is 0.300. The van der Waals surface area contributed by atoms with E-state index in [2.05, 4.69) is 182 Å². The van der Waals surface area contributed by atoms with Crippen molar-refractivity contribution in [3.05, 3.63) is 205 Å². The number of hydrogen-bond donors (Lipinski definition) is 3. The van der Waals surface area contributed by atoms with Crippen molar-refractivity contribution in [3.63, 3.8) is 0 Å². The highest BCUT2D eigenvalue weighted by Crippen LogP contribution is 2.45. The maximum Gasteiger partial charge on any atom is 0.339 e. The van der Waals surface area contributed by atoms with Crippen LogP contribution in [0.5, 0.6) is 17.2 Å². The largest absolute Gasteiger partial charge is 0.507 e. The summed E-state index contributed by atoms with van der Waals surface area (Å²) < 4.78 is 4.94. The first kappa shape index (κ1) is 62.1. The molecular formula is C80H86O6. The van der Waals surface area contributed by atoms with E-state index in [4.69, 9.17) is 4.74 Å². The van der Waals surface area contributed by atoms with Crippen LogP contribution >= 0.6 is 0 Å². The van der Waals surface area contributed by atoms with Gasteiger partial charge in [-0.25, -0.2) is 4.79 Å². The molecule has 0 saturated carbocycles. The van der Waals surface area contributed by atoms with Gasteiger partial charge < -0.3 is 20.1 Å². The van der Waals surface area contributed by atoms with Crippen molar-refractivity contribution in [2.45, 2.75) is 161 Å². The van der Waals surface area contributed by atoms with E-state index in [-0.39, 0.29) is 22.8 Å². The Labute approximate surface area is 511 Å². The highest BCUT2D eigenvalue weighted by molar-refractivity contribution is 5.93. The number of ether oxygens (including phenoxy) is 1. The van der Waals surface area contributed by atoms with E-state index in [0.717, 1.165) is 75.8 Å². The minimum absolute atomic E-state index is 0.0719. The number of aromatic carboxylic acids is 1. The van der Waals surface area contributed by atoms with Crippen LogP contribution in [-0.2, 0) is 17.6 Å². The average Bonchev–Trinajstić information content (AvgIpc) is 0.911. The number of carboxylic acids is 1. The molecule has 9 aromatic rings. The number of hydrogen-bond acceptors (Lipinski definition) is 5. The van der Waals surface area contributed by atoms with Crippen LogP contribution in [0.1, 0.15) is 153 Å². The molecule has 6 heteroatoms. The van der Waals surface area contributed by atoms with Gasteiger partial charge in [0.05, 0.1) is 0 Å². The number of carboxylic acid groups (broad SMARTS) is 1. The molecule has 0 amide bonds. The first-order valence-electron chi connectivity index (χ1n) is 31.0. The average molecular weight is 1140 g/mol. The molecule has 0 saturated heterocycles. The third kappa shape index (κ3) is 12.9. The number of carbonyl (C=O) groups excluding carboxylic acids is 1. The SMILES string of the molecule is CCCCCCc1cc(-c2cc(C)c(-c3cc(C)c(-c4cc(C)c(-c5ccc(C(=O)O)c(O)c5)cc4C)cc3C)cc2C)c(CCCCCC)cc1-c1cc(C)c(-c2cc(C)c(-c3cc(C)c(-c4ccc(OC=O)c(O)c4)cc3C)cc2C)cc1C. The lowest BCUT2D eigenvalue weighted by molar-refractivity contribution is -0.120. The van der Waals surface area contributed by atoms with Crippen molar-refractivity contribution in [1.29, 1.82) is 0 Å². The van der Waals surface area contributed by atoms with Gasteiger partial charge in [0.15, 0.2) is 11.5 Å². The molecule has 0 heterocycles. The number of phenols is 2. The molecule has 9 aromatic carbocycles. The van der Waals surface area contributed by atoms with Crippen LogP contribution in [0.3, 0.4) is 0 Å². The number of aromatic hydroxyl groups is 2. The summed E-state index contributed by atoms with van der Waals surface area (Å²) in [7, 11) is 0. The minimum atomic E-state index is -1.15. The molecule has 0 aromatic heterocycles. The van der Waals surface area contributed by atoms with Crippen LogP contribution in [0.4, 0.5) is 0 Å². The quantitative estimate of drug-likeness (QED) is 0.0489. The summed E-state index contributed by atoms with van der Waals surface area (Å²) in [5.41, 5.74) is 35.8. The number of rotatable bonds is 21. The van der Waals surface area contributed by atoms with Crippen molar-refractivity contribution < 1.29 is 29.6 Å². The highest BCUT2D eigenvalue weighted by Gasteiger charge is 2.22. The summed E-state index contributed by atoms with van der Waals surface area (Å²) >= 11 is 0. The van der Waals surface area contributed by atoms with Crippen LogP contribution in [0.15, 0.2) is 121 Å². The Hall–Kier alpha value is -8.48. The minimum Gasteiger partial charge on any atom is -0.507 e. The molecule has 0 aliphatic rings. The van der Waals surface area contributed by atoms with Gasteiger partial charge in [0.2, 0.25) is 0 Å². The zero-order valence-electron chi connectivity index (χ0n) is 53.3. The number of carbonyl (C=O) groups is 2. The van der Waals surface area contributed by atoms with Crippen LogP contribution < -0.4 is 4.74 Å². The zero-order valence-corrected chi connectivity index (χ0v) is 53.3. The lowest BCUT2D eigenvalue weighted by atomic mass is 9.82. The maximum atomic E-state index is 11.6. The molecule has 0 spiro atoms. The summed E-state index contributed by atoms with van der Waals surface area (Å²) in [6.45, 7) is 31.4. The van der Waals surface area contributed by atoms with Gasteiger partial charge in [0.1, 0.15) is 11.3 Å². The van der Waals surface area contributed by atoms with E-state index < -0.39 is 5.97 Å². The van der Waals surface area contributed by atoms with Gasteiger partial charge in [-0.05, 0) is 300 Å². The Morgan fingerprint density at radius 3 is 0.907 bits per heavy atom. The molecule has 3 N–H and O–H groups in total. The van der Waals surface area contributed by atoms with E-state index >= 15 is 0 Å². The van der Waals surface area contributed by atoms with Gasteiger partial charge in [0, 0.05) is 0 Å². The molecule has 0 aliphatic heterocycles. The molecule has 442 valence electrons. The Balaban J connectivity index is 1.07. The molecule has 9 rings (SSSR count). The first-order chi connectivity index (χ1) is 41.1. The number of phenolic OH excluding ortho intramolecular Hbond substituents is 1. The highest BCUT2D eigenvalue weighted by atomic mass is 16.5. The molecular weight excluding hydrogens is 1060 g/mol. The van der Waals surface area contributed by atoms with Gasteiger partial charge in [-0.1, -0.05) is 149 Å². The van der Waals surface area contributed by atoms with E-state index in [1.807, 2.05) is 6.07 Å². The summed E-state index contributed by atoms with van der Waals surface area (Å²) in [5, 5.41) is 30.6. The molecule has 0 atom stereocenters. The molecule has 6 nitrogen and oxygen atoms in total. The van der Waals surface area contributed by atoms with E-state index in [1.54, 1.807) is 24.3 Å². The van der Waals surface area contributed by atoms with Crippen molar-refractivity contribution in [2.24, 2.45) is 0 Å². The second-order valence-corrected chi connectivity index (χ2v) is 24.6. The summed E-state index contributed by atoms with van der Waals surface area (Å²) in [6, 6.07) is 43.1. The molecule has 0 aliphatic carbocycles. The summed E-state index contributed by atoms with van der Waals surface area (Å²) in [4.78, 5) is 22.6. The fourth-order valence-electron chi connectivity index (χ4n) is 13.2. The predicted molar refractivity (Wildman–Crippen MR) is 359 cm³/mol. The van der Waals surface area contributed by atoms with Gasteiger partial charge in [-0.3, -0.25) is 4.79 Å². The smallest absolute Gasteiger partial charge is 0.339 e. The first-order valence-corrected chi connectivity index (χ1v) is 31.0. The van der Waals surface area contributed by atoms with Crippen LogP contribution in [0, 0.1) is 83.1 Å². The monoisotopic (exact) mass is 1140 g/mol. The lowest BCUT2D eigenvalue weighted by Crippen LogP contribution is -2.02. The normalized spacial score (nSPS) is 11.4. The second kappa shape index (κ2) is 26.4. The van der Waals surface area contributed by atoms with Crippen molar-refractivity contribution in [1.82, 2.24) is 0 Å². The molecule has 0 radical (unpaired) electrons. The molecule has 0 unspecified atom stereocenters. The van der Waals surface area contributed by atoms with Crippen molar-refractivity contribution >= 4 is 12.4 Å². The predicted octanol–water partition coefficient (Wildman–Crippen LogP) is 21.6. The molecule has 0 fully saturated rings. The zero-order chi connectivity index (χ0) is 61.8. The van der Waals surface area contributed by atoms with Crippen molar-refractivity contribution in [3.8, 4) is 106 Å². The van der Waals surface area contributed by atoms with Crippen LogP contribution in [0.2, 0.25) is 0 Å². The van der Waals surface area contributed by atoms with Crippen LogP contribution in [0.25, 0.3) is 89.0 Å². The number of benzene rings is 9. The van der Waals surface area contributed by atoms with E-state index in [9.17, 15) is 24.9 Å². The van der Waals surface area contributed by atoms with Gasteiger partial charge in [-0.2, -0.15) is 0 Å². The molecule has 0 bridgehead atoms. The Morgan fingerprint density at radius 1 is 0.349 bits per heavy atom. The summed E-state index contributed by atoms with van der Waals surface area (Å²) in [5.74, 6) is -1.32. The topological polar surface area (TPSA) is 104 Å². The number of unbranched alkanes of at least 4 members (excludes halogenated alkanes) is 6. The van der Waals surface area contributed by atoms with Crippen molar-refractivity contribution in [2.75, 3.05) is 0 Å². The Morgan fingerprint density at radius 2 is 0.628 bits per heavy atom. The Kier molecular flexibility index (Phi) is 19.1. The lowest BCUT2D eigenvalue weighted by Gasteiger charge is -2.23. The van der Waals surface area contributed by atoms with E-state index in [1.165, 1.54) is 161 Å². The van der Waals surface area contributed by atoms with Gasteiger partial charge >= 0.3 is 5.97 Å². The number of aryl methyl sites for hydroxylation is 14. The van der Waals surface area contributed by atoms with Gasteiger partial charge in [-0.15, -0.1) is 0 Å². The van der Waals surface area contributed by atoms with Crippen LogP contribution in [-0.4, -0.2) is 27.8 Å². The third-order valence-corrected chi connectivity index (χ3v) is 18.1. The van der Waals surface area contributed by atoms with E-state index in [0.29, 0.717) is 6.47 Å². The standard InChI is InChI=1S/C80H86O6/c1-15-17-19-21-23-58-42-76(74-40-55(12)72(38-57(74)14)70-36-51(8)68(34-53(70)10)66-32-47(4)64(30-49(66)6)61-26-28-79(86-45-81)78(83)44-61)59(24-22-20-18-16-2)41-75(58)73-39-54(11)71(37-56(73)13)69-35-50(7)67(33-52(69)9)65-31-46(3)63(29-48(65)5)60-25-27-62(80(84)85)77(82)43-60/h25-45,82-83H,15-24H2,1-14H3,(H,84,85). The fourth-order valence-corrected chi connectivity index (χ4v) is 13.2. The van der Waals surface area contributed by atoms with Gasteiger partial charge in [0.25, 0.3) is 6.47 Å². The maximum absolute atomic E-state index is 11.6. The Bertz CT molecular complexity index is 4090.